The first-order chi connectivity index (χ1) is 12.8. The number of anilines is 1. The molecule has 1 atom stereocenters. The first-order valence-electron chi connectivity index (χ1n) is 8.56. The minimum Gasteiger partial charge on any atom is -0.360 e. The molecule has 0 bridgehead atoms. The van der Waals surface area contributed by atoms with Gasteiger partial charge in [0.2, 0.25) is 5.95 Å². The number of nitrogens with zero attached hydrogens (tertiary/aromatic N) is 3. The van der Waals surface area contributed by atoms with Gasteiger partial charge in [-0.05, 0) is 36.1 Å². The van der Waals surface area contributed by atoms with E-state index in [0.29, 0.717) is 19.0 Å². The molecule has 3 aromatic heterocycles. The fourth-order valence-electron chi connectivity index (χ4n) is 3.02. The van der Waals surface area contributed by atoms with E-state index in [4.69, 9.17) is 0 Å². The lowest BCUT2D eigenvalue weighted by molar-refractivity contribution is 0.237. The van der Waals surface area contributed by atoms with Crippen LogP contribution in [0.4, 0.5) is 10.7 Å². The van der Waals surface area contributed by atoms with Gasteiger partial charge in [-0.25, -0.2) is 14.8 Å². The molecule has 1 fully saturated rings. The Morgan fingerprint density at radius 3 is 3.12 bits per heavy atom. The number of nitrogens with one attached hydrogen (secondary N) is 3. The van der Waals surface area contributed by atoms with E-state index < -0.39 is 0 Å². The van der Waals surface area contributed by atoms with Crippen LogP contribution in [0.2, 0.25) is 0 Å². The second kappa shape index (κ2) is 7.57. The molecule has 26 heavy (non-hydrogen) atoms. The van der Waals surface area contributed by atoms with Gasteiger partial charge in [0.1, 0.15) is 0 Å². The lowest BCUT2D eigenvalue weighted by Crippen LogP contribution is -2.43. The summed E-state index contributed by atoms with van der Waals surface area (Å²) in [6.45, 7) is 2.09. The summed E-state index contributed by atoms with van der Waals surface area (Å²) in [4.78, 5) is 27.5. The van der Waals surface area contributed by atoms with Crippen LogP contribution in [0.25, 0.3) is 11.4 Å². The Balaban J connectivity index is 1.32. The molecule has 2 amide bonds. The summed E-state index contributed by atoms with van der Waals surface area (Å²) in [5.74, 6) is 0.695. The number of hydrogen-bond acceptors (Lipinski definition) is 5. The van der Waals surface area contributed by atoms with E-state index in [1.807, 2.05) is 41.9 Å². The Hall–Kier alpha value is -2.87. The van der Waals surface area contributed by atoms with Crippen LogP contribution >= 0.6 is 11.3 Å². The molecular formula is C18H20N6OS. The van der Waals surface area contributed by atoms with Gasteiger partial charge in [-0.15, -0.1) is 11.3 Å². The summed E-state index contributed by atoms with van der Waals surface area (Å²) in [7, 11) is 0. The van der Waals surface area contributed by atoms with E-state index in [1.54, 1.807) is 17.5 Å². The Morgan fingerprint density at radius 1 is 1.35 bits per heavy atom. The van der Waals surface area contributed by atoms with E-state index >= 15 is 0 Å². The molecule has 3 N–H and O–H groups in total. The maximum absolute atomic E-state index is 12.1. The van der Waals surface area contributed by atoms with Crippen molar-refractivity contribution in [1.29, 1.82) is 0 Å². The summed E-state index contributed by atoms with van der Waals surface area (Å²) in [6.07, 6.45) is 4.53. The van der Waals surface area contributed by atoms with Crippen LogP contribution in [0.5, 0.6) is 0 Å². The number of urea groups is 1. The summed E-state index contributed by atoms with van der Waals surface area (Å²) < 4.78 is 0. The lowest BCUT2D eigenvalue weighted by atomic mass is 10.3. The molecule has 0 saturated carbocycles. The van der Waals surface area contributed by atoms with E-state index in [1.165, 1.54) is 0 Å². The number of carbonyl (C=O) groups is 1. The molecule has 0 aromatic carbocycles. The molecule has 4 rings (SSSR count). The third-order valence-electron chi connectivity index (χ3n) is 4.33. The highest BCUT2D eigenvalue weighted by Crippen LogP contribution is 2.20. The van der Waals surface area contributed by atoms with Gasteiger partial charge in [0, 0.05) is 36.4 Å². The minimum atomic E-state index is -0.133. The minimum absolute atomic E-state index is 0.0936. The molecule has 1 unspecified atom stereocenters. The van der Waals surface area contributed by atoms with Crippen molar-refractivity contribution >= 4 is 23.3 Å². The molecule has 1 saturated heterocycles. The van der Waals surface area contributed by atoms with E-state index in [0.717, 1.165) is 29.2 Å². The number of thiophene rings is 1. The number of hydrogen-bond donors (Lipinski definition) is 3. The highest BCUT2D eigenvalue weighted by molar-refractivity contribution is 7.09. The molecule has 1 aliphatic heterocycles. The van der Waals surface area contributed by atoms with Crippen molar-refractivity contribution in [2.75, 3.05) is 18.0 Å². The molecular weight excluding hydrogens is 348 g/mol. The summed E-state index contributed by atoms with van der Waals surface area (Å²) >= 11 is 1.64. The third kappa shape index (κ3) is 3.85. The zero-order chi connectivity index (χ0) is 17.8. The molecule has 8 heteroatoms. The normalized spacial score (nSPS) is 16.6. The Labute approximate surface area is 155 Å². The van der Waals surface area contributed by atoms with Crippen molar-refractivity contribution < 1.29 is 4.79 Å². The quantitative estimate of drug-likeness (QED) is 0.646. The van der Waals surface area contributed by atoms with Crippen LogP contribution in [0, 0.1) is 0 Å². The fourth-order valence-corrected chi connectivity index (χ4v) is 3.66. The second-order valence-electron chi connectivity index (χ2n) is 6.16. The summed E-state index contributed by atoms with van der Waals surface area (Å²) in [6, 6.07) is 9.77. The van der Waals surface area contributed by atoms with Crippen LogP contribution in [0.3, 0.4) is 0 Å². The van der Waals surface area contributed by atoms with Crippen molar-refractivity contribution in [3.8, 4) is 11.4 Å². The third-order valence-corrected chi connectivity index (χ3v) is 5.20. The smallest absolute Gasteiger partial charge is 0.315 e. The maximum atomic E-state index is 12.1. The van der Waals surface area contributed by atoms with Gasteiger partial charge in [0.25, 0.3) is 0 Å². The van der Waals surface area contributed by atoms with Gasteiger partial charge in [-0.2, -0.15) is 0 Å². The second-order valence-corrected chi connectivity index (χ2v) is 7.20. The molecule has 3 aromatic rings. The monoisotopic (exact) mass is 368 g/mol. The van der Waals surface area contributed by atoms with E-state index in [-0.39, 0.29) is 12.1 Å². The fraction of sp³-hybridized carbons (Fsp3) is 0.278. The van der Waals surface area contributed by atoms with Crippen molar-refractivity contribution in [1.82, 2.24) is 25.6 Å². The highest BCUT2D eigenvalue weighted by Gasteiger charge is 2.25. The molecule has 1 aliphatic rings. The number of H-pyrrole nitrogens is 1. The van der Waals surface area contributed by atoms with Gasteiger partial charge < -0.3 is 20.5 Å². The first kappa shape index (κ1) is 16.6. The number of carbonyl (C=O) groups excluding carboxylic acids is 1. The van der Waals surface area contributed by atoms with Crippen LogP contribution in [0.15, 0.2) is 48.1 Å². The number of aromatic nitrogens is 3. The zero-order valence-corrected chi connectivity index (χ0v) is 15.0. The Bertz CT molecular complexity index is 848. The standard InChI is InChI=1S/C18H20N6OS/c25-18(21-11-14-3-2-10-26-14)22-13-6-9-24(12-13)17-20-8-5-16(23-17)15-4-1-7-19-15/h1-5,7-8,10,13,19H,6,9,11-12H2,(H2,21,22,25). The predicted octanol–water partition coefficient (Wildman–Crippen LogP) is 2.61. The van der Waals surface area contributed by atoms with E-state index in [2.05, 4.69) is 30.5 Å². The SMILES string of the molecule is O=C(NCc1cccs1)NC1CCN(c2nccc(-c3ccc[nH]3)n2)C1. The van der Waals surface area contributed by atoms with Gasteiger partial charge in [-0.3, -0.25) is 0 Å². The van der Waals surface area contributed by atoms with Crippen LogP contribution in [0.1, 0.15) is 11.3 Å². The average Bonchev–Trinajstić information content (AvgIpc) is 3.42. The van der Waals surface area contributed by atoms with Crippen molar-refractivity contribution in [2.24, 2.45) is 0 Å². The summed E-state index contributed by atoms with van der Waals surface area (Å²) in [5, 5.41) is 7.94. The van der Waals surface area contributed by atoms with Gasteiger partial charge in [0.05, 0.1) is 17.9 Å². The largest absolute Gasteiger partial charge is 0.360 e. The van der Waals surface area contributed by atoms with Crippen molar-refractivity contribution in [3.05, 3.63) is 53.0 Å². The average molecular weight is 368 g/mol. The summed E-state index contributed by atoms with van der Waals surface area (Å²) in [5.41, 5.74) is 1.83. The number of rotatable bonds is 5. The molecule has 134 valence electrons. The lowest BCUT2D eigenvalue weighted by Gasteiger charge is -2.17. The van der Waals surface area contributed by atoms with Gasteiger partial charge in [0.15, 0.2) is 0 Å². The predicted molar refractivity (Wildman–Crippen MR) is 102 cm³/mol. The molecule has 0 radical (unpaired) electrons. The zero-order valence-electron chi connectivity index (χ0n) is 14.2. The van der Waals surface area contributed by atoms with Crippen LogP contribution < -0.4 is 15.5 Å². The molecule has 7 nitrogen and oxygen atoms in total. The molecule has 0 spiro atoms. The van der Waals surface area contributed by atoms with Gasteiger partial charge >= 0.3 is 6.03 Å². The van der Waals surface area contributed by atoms with E-state index in [9.17, 15) is 4.79 Å². The Morgan fingerprint density at radius 2 is 2.31 bits per heavy atom. The number of aromatic amines is 1. The Kier molecular flexibility index (Phi) is 4.83. The van der Waals surface area contributed by atoms with Crippen LogP contribution in [-0.2, 0) is 6.54 Å². The van der Waals surface area contributed by atoms with Crippen molar-refractivity contribution in [3.63, 3.8) is 0 Å². The maximum Gasteiger partial charge on any atom is 0.315 e. The molecule has 4 heterocycles. The topological polar surface area (TPSA) is 85.9 Å². The highest BCUT2D eigenvalue weighted by atomic mass is 32.1. The van der Waals surface area contributed by atoms with Crippen molar-refractivity contribution in [2.45, 2.75) is 19.0 Å². The first-order valence-corrected chi connectivity index (χ1v) is 9.44. The molecule has 0 aliphatic carbocycles. The van der Waals surface area contributed by atoms with Crippen LogP contribution in [-0.4, -0.2) is 40.1 Å². The number of amides is 2. The van der Waals surface area contributed by atoms with Gasteiger partial charge in [-0.1, -0.05) is 6.07 Å².